The second-order valence-corrected chi connectivity index (χ2v) is 6.59. The highest BCUT2D eigenvalue weighted by molar-refractivity contribution is 5.80. The van der Waals surface area contributed by atoms with Crippen molar-refractivity contribution in [1.82, 2.24) is 15.2 Å². The molecule has 2 heterocycles. The van der Waals surface area contributed by atoms with Gasteiger partial charge in [-0.15, -0.1) is 0 Å². The lowest BCUT2D eigenvalue weighted by molar-refractivity contribution is 0.299. The Labute approximate surface area is 139 Å². The van der Waals surface area contributed by atoms with Gasteiger partial charge >= 0.3 is 0 Å². The predicted molar refractivity (Wildman–Crippen MR) is 92.6 cm³/mol. The third kappa shape index (κ3) is 3.95. The maximum Gasteiger partial charge on any atom is 0.212 e. The molecule has 0 aromatic carbocycles. The van der Waals surface area contributed by atoms with E-state index in [0.717, 1.165) is 43.0 Å². The molecule has 0 spiro atoms. The quantitative estimate of drug-likeness (QED) is 0.685. The van der Waals surface area contributed by atoms with E-state index in [2.05, 4.69) is 22.1 Å². The fourth-order valence-corrected chi connectivity index (χ4v) is 3.80. The van der Waals surface area contributed by atoms with Crippen molar-refractivity contribution in [3.8, 4) is 5.88 Å². The summed E-state index contributed by atoms with van der Waals surface area (Å²) in [6.07, 6.45) is 7.43. The number of hydrogen-bond donors (Lipinski definition) is 1. The normalized spacial score (nSPS) is 24.4. The molecule has 1 aromatic rings. The monoisotopic (exact) mass is 316 g/mol. The summed E-state index contributed by atoms with van der Waals surface area (Å²) in [5, 5.41) is 3.46. The minimum absolute atomic E-state index is 0.647. The number of likely N-dealkylation sites (tertiary alicyclic amines) is 1. The highest BCUT2D eigenvalue weighted by Crippen LogP contribution is 2.35. The van der Waals surface area contributed by atoms with Crippen molar-refractivity contribution in [2.24, 2.45) is 16.8 Å². The Morgan fingerprint density at radius 2 is 2.04 bits per heavy atom. The highest BCUT2D eigenvalue weighted by atomic mass is 16.5. The molecule has 2 aliphatic rings. The standard InChI is InChI=1S/C18H28N4O/c1-3-19-18(21-11-14-8-9-17(23-2)20-10-14)22-12-15-6-4-5-7-16(15)13-22/h8-10,15-16H,3-7,11-13H2,1-2H3,(H,19,21). The Kier molecular flexibility index (Phi) is 5.36. The van der Waals surface area contributed by atoms with Gasteiger partial charge in [-0.3, -0.25) is 0 Å². The molecule has 2 fully saturated rings. The third-order valence-electron chi connectivity index (χ3n) is 5.03. The number of ether oxygens (including phenoxy) is 1. The third-order valence-corrected chi connectivity index (χ3v) is 5.03. The number of fused-ring (bicyclic) bond motifs is 1. The first-order valence-corrected chi connectivity index (χ1v) is 8.82. The minimum Gasteiger partial charge on any atom is -0.481 e. The van der Waals surface area contributed by atoms with E-state index in [-0.39, 0.29) is 0 Å². The van der Waals surface area contributed by atoms with Gasteiger partial charge in [0, 0.05) is 31.9 Å². The van der Waals surface area contributed by atoms with Crippen LogP contribution in [-0.2, 0) is 6.54 Å². The van der Waals surface area contributed by atoms with Crippen molar-refractivity contribution in [2.45, 2.75) is 39.2 Å². The summed E-state index contributed by atoms with van der Waals surface area (Å²) in [5.41, 5.74) is 1.11. The van der Waals surface area contributed by atoms with E-state index in [4.69, 9.17) is 9.73 Å². The smallest absolute Gasteiger partial charge is 0.212 e. The zero-order valence-corrected chi connectivity index (χ0v) is 14.3. The maximum absolute atomic E-state index is 5.10. The average molecular weight is 316 g/mol. The zero-order valence-electron chi connectivity index (χ0n) is 14.3. The van der Waals surface area contributed by atoms with Crippen molar-refractivity contribution >= 4 is 5.96 Å². The average Bonchev–Trinajstić information content (AvgIpc) is 3.03. The second kappa shape index (κ2) is 7.66. The molecule has 1 N–H and O–H groups in total. The van der Waals surface area contributed by atoms with E-state index in [1.165, 1.54) is 25.7 Å². The van der Waals surface area contributed by atoms with Gasteiger partial charge in [0.1, 0.15) is 0 Å². The van der Waals surface area contributed by atoms with Gasteiger partial charge in [0.25, 0.3) is 0 Å². The Bertz CT molecular complexity index is 514. The molecule has 2 atom stereocenters. The molecule has 0 bridgehead atoms. The Hall–Kier alpha value is -1.78. The molecule has 1 saturated carbocycles. The van der Waals surface area contributed by atoms with Crippen molar-refractivity contribution in [3.05, 3.63) is 23.9 Å². The molecule has 3 rings (SSSR count). The summed E-state index contributed by atoms with van der Waals surface area (Å²) >= 11 is 0. The number of hydrogen-bond acceptors (Lipinski definition) is 3. The molecule has 0 amide bonds. The number of aliphatic imine (C=N–C) groups is 1. The maximum atomic E-state index is 5.10. The van der Waals surface area contributed by atoms with Crippen molar-refractivity contribution in [2.75, 3.05) is 26.7 Å². The molecular formula is C18H28N4O. The Morgan fingerprint density at radius 3 is 2.61 bits per heavy atom. The van der Waals surface area contributed by atoms with Gasteiger partial charge in [0.2, 0.25) is 5.88 Å². The lowest BCUT2D eigenvalue weighted by Crippen LogP contribution is -2.40. The van der Waals surface area contributed by atoms with Crippen LogP contribution in [0.1, 0.15) is 38.2 Å². The van der Waals surface area contributed by atoms with Gasteiger partial charge in [-0.25, -0.2) is 9.98 Å². The van der Waals surface area contributed by atoms with Gasteiger partial charge in [-0.1, -0.05) is 18.9 Å². The Morgan fingerprint density at radius 1 is 1.30 bits per heavy atom. The first-order chi connectivity index (χ1) is 11.3. The molecule has 5 nitrogen and oxygen atoms in total. The highest BCUT2D eigenvalue weighted by Gasteiger charge is 2.35. The van der Waals surface area contributed by atoms with Crippen LogP contribution in [0, 0.1) is 11.8 Å². The topological polar surface area (TPSA) is 49.8 Å². The molecule has 1 saturated heterocycles. The van der Waals surface area contributed by atoms with E-state index in [1.807, 2.05) is 18.3 Å². The first kappa shape index (κ1) is 16.1. The fourth-order valence-electron chi connectivity index (χ4n) is 3.80. The molecule has 1 aromatic heterocycles. The number of guanidine groups is 1. The number of rotatable bonds is 4. The van der Waals surface area contributed by atoms with E-state index in [9.17, 15) is 0 Å². The number of nitrogens with zero attached hydrogens (tertiary/aromatic N) is 3. The van der Waals surface area contributed by atoms with Gasteiger partial charge in [0.15, 0.2) is 5.96 Å². The van der Waals surface area contributed by atoms with Crippen LogP contribution in [0.15, 0.2) is 23.3 Å². The molecule has 1 aliphatic carbocycles. The summed E-state index contributed by atoms with van der Waals surface area (Å²) in [6.45, 7) is 6.03. The van der Waals surface area contributed by atoms with Crippen LogP contribution in [0.4, 0.5) is 0 Å². The lowest BCUT2D eigenvalue weighted by Gasteiger charge is -2.22. The number of methoxy groups -OCH3 is 1. The second-order valence-electron chi connectivity index (χ2n) is 6.59. The molecule has 23 heavy (non-hydrogen) atoms. The Balaban J connectivity index is 1.65. The van der Waals surface area contributed by atoms with Crippen LogP contribution in [-0.4, -0.2) is 42.6 Å². The molecular weight excluding hydrogens is 288 g/mol. The minimum atomic E-state index is 0.647. The van der Waals surface area contributed by atoms with Crippen molar-refractivity contribution in [1.29, 1.82) is 0 Å². The van der Waals surface area contributed by atoms with Crippen LogP contribution in [0.25, 0.3) is 0 Å². The summed E-state index contributed by atoms with van der Waals surface area (Å²) in [7, 11) is 1.64. The van der Waals surface area contributed by atoms with E-state index < -0.39 is 0 Å². The van der Waals surface area contributed by atoms with E-state index >= 15 is 0 Å². The molecule has 5 heteroatoms. The SMILES string of the molecule is CCNC(=NCc1ccc(OC)nc1)N1CC2CCCCC2C1. The van der Waals surface area contributed by atoms with Crippen molar-refractivity contribution < 1.29 is 4.74 Å². The fraction of sp³-hybridized carbons (Fsp3) is 0.667. The summed E-state index contributed by atoms with van der Waals surface area (Å²) in [6, 6.07) is 3.92. The number of pyridine rings is 1. The van der Waals surface area contributed by atoms with Gasteiger partial charge in [-0.2, -0.15) is 0 Å². The zero-order chi connectivity index (χ0) is 16.1. The molecule has 2 unspecified atom stereocenters. The largest absolute Gasteiger partial charge is 0.481 e. The summed E-state index contributed by atoms with van der Waals surface area (Å²) in [5.74, 6) is 3.44. The van der Waals surface area contributed by atoms with Crippen LogP contribution in [0.5, 0.6) is 5.88 Å². The van der Waals surface area contributed by atoms with Crippen LogP contribution < -0.4 is 10.1 Å². The lowest BCUT2D eigenvalue weighted by atomic mass is 9.82. The molecule has 1 aliphatic heterocycles. The van der Waals surface area contributed by atoms with Crippen LogP contribution in [0.2, 0.25) is 0 Å². The van der Waals surface area contributed by atoms with Gasteiger partial charge in [0.05, 0.1) is 13.7 Å². The van der Waals surface area contributed by atoms with Crippen molar-refractivity contribution in [3.63, 3.8) is 0 Å². The number of nitrogens with one attached hydrogen (secondary N) is 1. The summed E-state index contributed by atoms with van der Waals surface area (Å²) < 4.78 is 5.10. The number of aromatic nitrogens is 1. The summed E-state index contributed by atoms with van der Waals surface area (Å²) in [4.78, 5) is 11.5. The van der Waals surface area contributed by atoms with Gasteiger partial charge < -0.3 is 15.0 Å². The van der Waals surface area contributed by atoms with Gasteiger partial charge in [-0.05, 0) is 37.2 Å². The first-order valence-electron chi connectivity index (χ1n) is 8.82. The molecule has 126 valence electrons. The molecule has 0 radical (unpaired) electrons. The van der Waals surface area contributed by atoms with Crippen LogP contribution in [0.3, 0.4) is 0 Å². The predicted octanol–water partition coefficient (Wildman–Crippen LogP) is 2.68. The van der Waals surface area contributed by atoms with Crippen LogP contribution >= 0.6 is 0 Å². The van der Waals surface area contributed by atoms with E-state index in [1.54, 1.807) is 7.11 Å². The van der Waals surface area contributed by atoms with E-state index in [0.29, 0.717) is 12.4 Å².